The molecule has 1 aromatic heterocycles. The standard InChI is InChI=1S/C21H23ClN4O3/c22-20-15(7-6-10-23-20)24-19(27)14-26-13-18(21(28)25-11-4-1-5-12-25)29-17-9-3-2-8-16(17)26/h2-3,6-10,18H,1,4-5,11-14H2,(H,24,27)/t18-/m1/s1. The Kier molecular flexibility index (Phi) is 5.85. The number of fused-ring (bicyclic) bond motifs is 1. The molecule has 2 aliphatic heterocycles. The lowest BCUT2D eigenvalue weighted by molar-refractivity contribution is -0.139. The van der Waals surface area contributed by atoms with E-state index in [1.54, 1.807) is 18.3 Å². The Labute approximate surface area is 174 Å². The van der Waals surface area contributed by atoms with Crippen LogP contribution in [0.1, 0.15) is 19.3 Å². The lowest BCUT2D eigenvalue weighted by Crippen LogP contribution is -2.52. The number of para-hydroxylation sites is 2. The first-order chi connectivity index (χ1) is 14.1. The third-order valence-corrected chi connectivity index (χ3v) is 5.47. The van der Waals surface area contributed by atoms with E-state index >= 15 is 0 Å². The molecule has 0 radical (unpaired) electrons. The van der Waals surface area contributed by atoms with Crippen LogP contribution in [0.3, 0.4) is 0 Å². The van der Waals surface area contributed by atoms with E-state index in [1.807, 2.05) is 34.1 Å². The largest absolute Gasteiger partial charge is 0.477 e. The smallest absolute Gasteiger partial charge is 0.265 e. The van der Waals surface area contributed by atoms with Gasteiger partial charge in [-0.3, -0.25) is 9.59 Å². The molecule has 152 valence electrons. The Morgan fingerprint density at radius 3 is 2.72 bits per heavy atom. The molecule has 1 N–H and O–H groups in total. The molecule has 0 unspecified atom stereocenters. The van der Waals surface area contributed by atoms with Crippen molar-refractivity contribution < 1.29 is 14.3 Å². The number of piperidine rings is 1. The van der Waals surface area contributed by atoms with Crippen LogP contribution < -0.4 is 15.0 Å². The van der Waals surface area contributed by atoms with E-state index in [0.717, 1.165) is 38.0 Å². The lowest BCUT2D eigenvalue weighted by atomic mass is 10.1. The number of rotatable bonds is 4. The molecular formula is C21H23ClN4O3. The molecule has 0 saturated carbocycles. The minimum Gasteiger partial charge on any atom is -0.477 e. The number of hydrogen-bond donors (Lipinski definition) is 1. The highest BCUT2D eigenvalue weighted by atomic mass is 35.5. The van der Waals surface area contributed by atoms with Gasteiger partial charge in [-0.1, -0.05) is 23.7 Å². The van der Waals surface area contributed by atoms with Crippen molar-refractivity contribution in [3.05, 3.63) is 47.7 Å². The first-order valence-corrected chi connectivity index (χ1v) is 10.2. The number of pyridine rings is 1. The number of ether oxygens (including phenoxy) is 1. The van der Waals surface area contributed by atoms with Gasteiger partial charge >= 0.3 is 0 Å². The molecule has 0 bridgehead atoms. The number of nitrogens with one attached hydrogen (secondary N) is 1. The van der Waals surface area contributed by atoms with E-state index in [9.17, 15) is 9.59 Å². The molecule has 2 aromatic rings. The number of carbonyl (C=O) groups is 2. The molecular weight excluding hydrogens is 392 g/mol. The van der Waals surface area contributed by atoms with E-state index in [-0.39, 0.29) is 23.5 Å². The van der Waals surface area contributed by atoms with Gasteiger partial charge in [0.05, 0.1) is 24.5 Å². The first-order valence-electron chi connectivity index (χ1n) is 9.81. The molecule has 7 nitrogen and oxygen atoms in total. The summed E-state index contributed by atoms with van der Waals surface area (Å²) in [6, 6.07) is 10.9. The summed E-state index contributed by atoms with van der Waals surface area (Å²) in [5.74, 6) is 0.363. The van der Waals surface area contributed by atoms with Gasteiger partial charge in [0.15, 0.2) is 11.3 Å². The topological polar surface area (TPSA) is 74.8 Å². The Balaban J connectivity index is 1.49. The van der Waals surface area contributed by atoms with Crippen molar-refractivity contribution in [1.29, 1.82) is 0 Å². The Bertz CT molecular complexity index is 901. The van der Waals surface area contributed by atoms with Crippen molar-refractivity contribution in [3.63, 3.8) is 0 Å². The SMILES string of the molecule is O=C(CN1C[C@H](C(=O)N2CCCCC2)Oc2ccccc21)Nc1cccnc1Cl. The van der Waals surface area contributed by atoms with Crippen molar-refractivity contribution in [3.8, 4) is 5.75 Å². The maximum atomic E-state index is 13.0. The molecule has 2 aliphatic rings. The number of anilines is 2. The lowest BCUT2D eigenvalue weighted by Gasteiger charge is -2.38. The van der Waals surface area contributed by atoms with Crippen molar-refractivity contribution in [2.75, 3.05) is 36.4 Å². The zero-order chi connectivity index (χ0) is 20.2. The van der Waals surface area contributed by atoms with Gasteiger partial charge in [0.25, 0.3) is 5.91 Å². The highest BCUT2D eigenvalue weighted by Crippen LogP contribution is 2.33. The van der Waals surface area contributed by atoms with Gasteiger partial charge in [-0.2, -0.15) is 0 Å². The van der Waals surface area contributed by atoms with Crippen LogP contribution in [-0.4, -0.2) is 54.0 Å². The van der Waals surface area contributed by atoms with Crippen molar-refractivity contribution in [2.45, 2.75) is 25.4 Å². The molecule has 8 heteroatoms. The summed E-state index contributed by atoms with van der Waals surface area (Å²) in [6.45, 7) is 1.93. The van der Waals surface area contributed by atoms with Crippen LogP contribution in [0.2, 0.25) is 5.15 Å². The normalized spacial score (nSPS) is 18.6. The summed E-state index contributed by atoms with van der Waals surface area (Å²) >= 11 is 6.03. The van der Waals surface area contributed by atoms with E-state index in [4.69, 9.17) is 16.3 Å². The number of halogens is 1. The molecule has 2 amide bonds. The summed E-state index contributed by atoms with van der Waals surface area (Å²) in [7, 11) is 0. The van der Waals surface area contributed by atoms with Gasteiger partial charge in [-0.05, 0) is 43.5 Å². The fourth-order valence-corrected chi connectivity index (χ4v) is 3.91. The van der Waals surface area contributed by atoms with Crippen LogP contribution in [0.4, 0.5) is 11.4 Å². The molecule has 1 fully saturated rings. The summed E-state index contributed by atoms with van der Waals surface area (Å²) in [4.78, 5) is 33.3. The summed E-state index contributed by atoms with van der Waals surface area (Å²) in [5.41, 5.74) is 1.25. The van der Waals surface area contributed by atoms with Crippen molar-refractivity contribution in [1.82, 2.24) is 9.88 Å². The molecule has 1 saturated heterocycles. The molecule has 29 heavy (non-hydrogen) atoms. The molecule has 4 rings (SSSR count). The maximum absolute atomic E-state index is 13.0. The zero-order valence-electron chi connectivity index (χ0n) is 16.0. The van der Waals surface area contributed by atoms with E-state index in [1.165, 1.54) is 0 Å². The van der Waals surface area contributed by atoms with Gasteiger partial charge < -0.3 is 19.9 Å². The van der Waals surface area contributed by atoms with E-state index < -0.39 is 6.10 Å². The fourth-order valence-electron chi connectivity index (χ4n) is 3.75. The van der Waals surface area contributed by atoms with E-state index in [0.29, 0.717) is 18.0 Å². The van der Waals surface area contributed by atoms with Gasteiger partial charge in [-0.25, -0.2) is 4.98 Å². The first kappa shape index (κ1) is 19.5. The number of amides is 2. The second-order valence-electron chi connectivity index (χ2n) is 7.23. The average molecular weight is 415 g/mol. The Morgan fingerprint density at radius 1 is 1.14 bits per heavy atom. The van der Waals surface area contributed by atoms with Crippen molar-refractivity contribution >= 4 is 34.8 Å². The van der Waals surface area contributed by atoms with Crippen LogP contribution >= 0.6 is 11.6 Å². The number of nitrogens with zero attached hydrogens (tertiary/aromatic N) is 3. The predicted octanol–water partition coefficient (Wildman–Crippen LogP) is 2.95. The minimum atomic E-state index is -0.627. The van der Waals surface area contributed by atoms with E-state index in [2.05, 4.69) is 10.3 Å². The third kappa shape index (κ3) is 4.45. The second kappa shape index (κ2) is 8.69. The van der Waals surface area contributed by atoms with Crippen LogP contribution in [-0.2, 0) is 9.59 Å². The number of aromatic nitrogens is 1. The average Bonchev–Trinajstić information content (AvgIpc) is 2.75. The van der Waals surface area contributed by atoms with Crippen LogP contribution in [0.25, 0.3) is 0 Å². The maximum Gasteiger partial charge on any atom is 0.265 e. The van der Waals surface area contributed by atoms with Gasteiger partial charge in [-0.15, -0.1) is 0 Å². The fraction of sp³-hybridized carbons (Fsp3) is 0.381. The molecule has 0 spiro atoms. The second-order valence-corrected chi connectivity index (χ2v) is 7.59. The molecule has 3 heterocycles. The number of likely N-dealkylation sites (tertiary alicyclic amines) is 1. The van der Waals surface area contributed by atoms with Crippen LogP contribution in [0.5, 0.6) is 5.75 Å². The van der Waals surface area contributed by atoms with Crippen LogP contribution in [0.15, 0.2) is 42.6 Å². The molecule has 1 atom stereocenters. The van der Waals surface area contributed by atoms with Crippen molar-refractivity contribution in [2.24, 2.45) is 0 Å². The Hall–Kier alpha value is -2.80. The summed E-state index contributed by atoms with van der Waals surface area (Å²) in [5, 5.41) is 3.02. The predicted molar refractivity (Wildman–Crippen MR) is 111 cm³/mol. The number of carbonyl (C=O) groups excluding carboxylic acids is 2. The van der Waals surface area contributed by atoms with Gasteiger partial charge in [0, 0.05) is 19.3 Å². The summed E-state index contributed by atoms with van der Waals surface area (Å²) in [6.07, 6.45) is 4.13. The monoisotopic (exact) mass is 414 g/mol. The molecule has 1 aromatic carbocycles. The van der Waals surface area contributed by atoms with Gasteiger partial charge in [0.1, 0.15) is 5.75 Å². The quantitative estimate of drug-likeness (QED) is 0.778. The highest BCUT2D eigenvalue weighted by Gasteiger charge is 2.34. The molecule has 0 aliphatic carbocycles. The van der Waals surface area contributed by atoms with Gasteiger partial charge in [0.2, 0.25) is 5.91 Å². The Morgan fingerprint density at radius 2 is 1.93 bits per heavy atom. The zero-order valence-corrected chi connectivity index (χ0v) is 16.8. The highest BCUT2D eigenvalue weighted by molar-refractivity contribution is 6.32. The van der Waals surface area contributed by atoms with Crippen LogP contribution in [0, 0.1) is 0 Å². The number of hydrogen-bond acceptors (Lipinski definition) is 5. The number of benzene rings is 1. The third-order valence-electron chi connectivity index (χ3n) is 5.17. The minimum absolute atomic E-state index is 0.0140. The summed E-state index contributed by atoms with van der Waals surface area (Å²) < 4.78 is 6.00.